The number of carbonyl (C=O) groups excluding carboxylic acids is 1. The van der Waals surface area contributed by atoms with Crippen LogP contribution in [-0.2, 0) is 14.8 Å². The molecule has 3 rings (SSSR count). The average Bonchev–Trinajstić information content (AvgIpc) is 2.67. The molecule has 0 radical (unpaired) electrons. The highest BCUT2D eigenvalue weighted by Crippen LogP contribution is 2.46. The smallest absolute Gasteiger partial charge is 0.410 e. The monoisotopic (exact) mass is 624 g/mol. The lowest BCUT2D eigenvalue weighted by molar-refractivity contribution is 0.0202. The van der Waals surface area contributed by atoms with Gasteiger partial charge in [-0.1, -0.05) is 29.3 Å². The number of fused-ring (bicyclic) bond motifs is 1. The second-order valence-electron chi connectivity index (χ2n) is 9.25. The minimum absolute atomic E-state index is 0.0267. The molecule has 33 heavy (non-hydrogen) atoms. The molecule has 1 aliphatic carbocycles. The van der Waals surface area contributed by atoms with Crippen molar-refractivity contribution in [2.45, 2.75) is 51.2 Å². The number of benzene rings is 2. The van der Waals surface area contributed by atoms with Gasteiger partial charge in [-0.2, -0.15) is 0 Å². The number of sulfonamides is 1. The van der Waals surface area contributed by atoms with E-state index in [2.05, 4.69) is 27.3 Å². The third-order valence-corrected chi connectivity index (χ3v) is 7.65. The van der Waals surface area contributed by atoms with E-state index in [0.717, 1.165) is 32.9 Å². The molecule has 0 heterocycles. The summed E-state index contributed by atoms with van der Waals surface area (Å²) in [6.45, 7) is 5.47. The molecule has 6 nitrogen and oxygen atoms in total. The number of rotatable bonds is 4. The van der Waals surface area contributed by atoms with Crippen LogP contribution in [0.5, 0.6) is 0 Å². The van der Waals surface area contributed by atoms with Gasteiger partial charge >= 0.3 is 6.09 Å². The standard InChI is InChI=1S/C23H27Cl2IN2O4S/c1-23(2,3)32-22(29)28(4)21-9-7-14(13-6-8-17(24)18(25)10-13)15-11-19(26)20(12-16(15)21)27-33(5,30)31/h6,8,10-12,14,21,27H,7,9H2,1-5H3/t14-,21-/m0/s1. The van der Waals surface area contributed by atoms with Crippen LogP contribution in [0.25, 0.3) is 0 Å². The molecular formula is C23H27Cl2IN2O4S. The lowest BCUT2D eigenvalue weighted by Crippen LogP contribution is -2.38. The zero-order chi connectivity index (χ0) is 24.7. The summed E-state index contributed by atoms with van der Waals surface area (Å²) >= 11 is 14.5. The minimum atomic E-state index is -3.47. The van der Waals surface area contributed by atoms with Crippen molar-refractivity contribution in [3.8, 4) is 0 Å². The maximum atomic E-state index is 12.8. The number of hydrogen-bond acceptors (Lipinski definition) is 4. The number of halogens is 3. The van der Waals surface area contributed by atoms with Gasteiger partial charge in [0.25, 0.3) is 0 Å². The summed E-state index contributed by atoms with van der Waals surface area (Å²) in [5, 5.41) is 0.968. The third-order valence-electron chi connectivity index (χ3n) is 5.43. The van der Waals surface area contributed by atoms with Crippen molar-refractivity contribution in [1.82, 2.24) is 4.90 Å². The van der Waals surface area contributed by atoms with E-state index >= 15 is 0 Å². The molecule has 1 aliphatic rings. The Kier molecular flexibility index (Phi) is 7.83. The third kappa shape index (κ3) is 6.46. The van der Waals surface area contributed by atoms with Gasteiger partial charge in [0.1, 0.15) is 5.60 Å². The van der Waals surface area contributed by atoms with Gasteiger partial charge in [-0.3, -0.25) is 4.72 Å². The van der Waals surface area contributed by atoms with E-state index in [1.807, 2.05) is 45.0 Å². The van der Waals surface area contributed by atoms with E-state index in [4.69, 9.17) is 27.9 Å². The summed E-state index contributed by atoms with van der Waals surface area (Å²) in [6.07, 6.45) is 2.14. The summed E-state index contributed by atoms with van der Waals surface area (Å²) in [5.74, 6) is 0.0267. The van der Waals surface area contributed by atoms with Crippen molar-refractivity contribution < 1.29 is 17.9 Å². The van der Waals surface area contributed by atoms with Crippen molar-refractivity contribution in [1.29, 1.82) is 0 Å². The first-order valence-electron chi connectivity index (χ1n) is 10.4. The Morgan fingerprint density at radius 1 is 1.12 bits per heavy atom. The van der Waals surface area contributed by atoms with Crippen molar-refractivity contribution in [2.24, 2.45) is 0 Å². The van der Waals surface area contributed by atoms with E-state index in [-0.39, 0.29) is 12.0 Å². The fraction of sp³-hybridized carbons (Fsp3) is 0.435. The van der Waals surface area contributed by atoms with E-state index in [9.17, 15) is 13.2 Å². The summed E-state index contributed by atoms with van der Waals surface area (Å²) in [4.78, 5) is 14.4. The lowest BCUT2D eigenvalue weighted by atomic mass is 9.76. The Labute approximate surface area is 219 Å². The van der Waals surface area contributed by atoms with Gasteiger partial charge in [0, 0.05) is 16.5 Å². The SMILES string of the molecule is CN(C(=O)OC(C)(C)C)[C@H]1CC[C@@H](c2ccc(Cl)c(Cl)c2)c2cc(I)c(NS(C)(=O)=O)cc21. The van der Waals surface area contributed by atoms with E-state index in [1.54, 1.807) is 18.0 Å². The molecule has 0 bridgehead atoms. The van der Waals surface area contributed by atoms with Crippen LogP contribution in [0.15, 0.2) is 30.3 Å². The molecule has 0 saturated carbocycles. The molecule has 2 aromatic carbocycles. The Morgan fingerprint density at radius 2 is 1.79 bits per heavy atom. The number of ether oxygens (including phenoxy) is 1. The predicted molar refractivity (Wildman–Crippen MR) is 142 cm³/mol. The maximum Gasteiger partial charge on any atom is 0.410 e. The Bertz CT molecular complexity index is 1180. The largest absolute Gasteiger partial charge is 0.444 e. The molecule has 0 aliphatic heterocycles. The highest BCUT2D eigenvalue weighted by Gasteiger charge is 2.35. The van der Waals surface area contributed by atoms with E-state index in [1.165, 1.54) is 0 Å². The molecule has 0 unspecified atom stereocenters. The Balaban J connectivity index is 2.11. The minimum Gasteiger partial charge on any atom is -0.444 e. The van der Waals surface area contributed by atoms with Crippen LogP contribution >= 0.6 is 45.8 Å². The van der Waals surface area contributed by atoms with Crippen LogP contribution in [0.3, 0.4) is 0 Å². The normalized spacial score (nSPS) is 18.4. The number of carbonyl (C=O) groups is 1. The van der Waals surface area contributed by atoms with Crippen LogP contribution in [0.4, 0.5) is 10.5 Å². The molecule has 10 heteroatoms. The molecule has 0 saturated heterocycles. The van der Waals surface area contributed by atoms with Crippen LogP contribution < -0.4 is 4.72 Å². The van der Waals surface area contributed by atoms with E-state index < -0.39 is 21.7 Å². The van der Waals surface area contributed by atoms with Crippen molar-refractivity contribution >= 4 is 67.6 Å². The topological polar surface area (TPSA) is 75.7 Å². The maximum absolute atomic E-state index is 12.8. The van der Waals surface area contributed by atoms with Crippen LogP contribution in [0, 0.1) is 3.57 Å². The van der Waals surface area contributed by atoms with Gasteiger partial charge in [0.05, 0.1) is 28.0 Å². The summed E-state index contributed by atoms with van der Waals surface area (Å²) < 4.78 is 32.8. The number of amides is 1. The fourth-order valence-corrected chi connectivity index (χ4v) is 5.73. The number of hydrogen-bond donors (Lipinski definition) is 1. The summed E-state index contributed by atoms with van der Waals surface area (Å²) in [5.41, 5.74) is 2.76. The Morgan fingerprint density at radius 3 is 2.36 bits per heavy atom. The van der Waals surface area contributed by atoms with Crippen molar-refractivity contribution in [2.75, 3.05) is 18.0 Å². The molecule has 2 atom stereocenters. The molecule has 0 fully saturated rings. The highest BCUT2D eigenvalue weighted by atomic mass is 127. The van der Waals surface area contributed by atoms with Gasteiger partial charge in [-0.25, -0.2) is 13.2 Å². The predicted octanol–water partition coefficient (Wildman–Crippen LogP) is 6.80. The van der Waals surface area contributed by atoms with Gasteiger partial charge < -0.3 is 9.64 Å². The van der Waals surface area contributed by atoms with Crippen LogP contribution in [-0.4, -0.2) is 38.3 Å². The van der Waals surface area contributed by atoms with Crippen molar-refractivity contribution in [3.63, 3.8) is 0 Å². The zero-order valence-electron chi connectivity index (χ0n) is 19.1. The van der Waals surface area contributed by atoms with Crippen molar-refractivity contribution in [3.05, 3.63) is 60.6 Å². The van der Waals surface area contributed by atoms with E-state index in [0.29, 0.717) is 22.2 Å². The quantitative estimate of drug-likeness (QED) is 0.380. The van der Waals surface area contributed by atoms with Crippen LogP contribution in [0.2, 0.25) is 10.0 Å². The molecule has 0 spiro atoms. The Hall–Kier alpha value is -1.23. The highest BCUT2D eigenvalue weighted by molar-refractivity contribution is 14.1. The molecule has 2 aromatic rings. The lowest BCUT2D eigenvalue weighted by Gasteiger charge is -2.38. The summed E-state index contributed by atoms with van der Waals surface area (Å²) in [7, 11) is -1.76. The molecule has 1 amide bonds. The first kappa shape index (κ1) is 26.4. The first-order valence-corrected chi connectivity index (χ1v) is 14.1. The first-order chi connectivity index (χ1) is 15.2. The number of anilines is 1. The zero-order valence-corrected chi connectivity index (χ0v) is 23.6. The van der Waals surface area contributed by atoms with Gasteiger partial charge in [0.15, 0.2) is 0 Å². The number of nitrogens with zero attached hydrogens (tertiary/aromatic N) is 1. The molecule has 0 aromatic heterocycles. The van der Waals surface area contributed by atoms with Gasteiger partial charge in [-0.15, -0.1) is 0 Å². The summed E-state index contributed by atoms with van der Waals surface area (Å²) in [6, 6.07) is 9.13. The number of nitrogens with one attached hydrogen (secondary N) is 1. The molecule has 180 valence electrons. The fourth-order valence-electron chi connectivity index (χ4n) is 4.05. The molecule has 1 N–H and O–H groups in total. The average molecular weight is 625 g/mol. The van der Waals surface area contributed by atoms with Crippen LogP contribution in [0.1, 0.15) is 62.3 Å². The van der Waals surface area contributed by atoms with Gasteiger partial charge in [-0.05, 0) is 97.2 Å². The van der Waals surface area contributed by atoms with Gasteiger partial charge in [0.2, 0.25) is 10.0 Å². The second kappa shape index (κ2) is 9.79. The second-order valence-corrected chi connectivity index (χ2v) is 13.0. The molecular weight excluding hydrogens is 598 g/mol.